The number of aromatic amines is 1. The highest BCUT2D eigenvalue weighted by atomic mass is 16.5. The van der Waals surface area contributed by atoms with Crippen LogP contribution in [0, 0.1) is 0 Å². The highest BCUT2D eigenvalue weighted by molar-refractivity contribution is 5.87. The Bertz CT molecular complexity index is 360. The zero-order valence-corrected chi connectivity index (χ0v) is 5.16. The number of hydrogen-bond acceptors (Lipinski definition) is 3. The second kappa shape index (κ2) is 1.70. The molecule has 0 saturated carbocycles. The van der Waals surface area contributed by atoms with Gasteiger partial charge in [-0.3, -0.25) is 4.99 Å². The standard InChI is InChI=1S/C6H5N3O/c1-7-5-2-8-6-4(5)3-10-9-6/h2-3H,1H2,(H,8,9). The van der Waals surface area contributed by atoms with Crippen LogP contribution in [0.5, 0.6) is 0 Å². The van der Waals surface area contributed by atoms with Crippen molar-refractivity contribution < 1.29 is 4.52 Å². The monoisotopic (exact) mass is 135 g/mol. The van der Waals surface area contributed by atoms with Gasteiger partial charge in [0.2, 0.25) is 0 Å². The van der Waals surface area contributed by atoms with E-state index in [0.717, 1.165) is 11.1 Å². The minimum Gasteiger partial charge on any atom is -0.362 e. The first-order valence-corrected chi connectivity index (χ1v) is 2.80. The summed E-state index contributed by atoms with van der Waals surface area (Å²) in [5, 5.41) is 4.54. The maximum Gasteiger partial charge on any atom is 0.182 e. The van der Waals surface area contributed by atoms with Gasteiger partial charge >= 0.3 is 0 Å². The summed E-state index contributed by atoms with van der Waals surface area (Å²) in [6.07, 6.45) is 3.27. The Morgan fingerprint density at radius 1 is 1.70 bits per heavy atom. The number of H-pyrrole nitrogens is 1. The molecular formula is C6H5N3O. The van der Waals surface area contributed by atoms with Gasteiger partial charge in [-0.25, -0.2) is 0 Å². The molecule has 2 heterocycles. The van der Waals surface area contributed by atoms with Crippen LogP contribution in [0.1, 0.15) is 0 Å². The third-order valence-electron chi connectivity index (χ3n) is 1.36. The number of aromatic nitrogens is 2. The van der Waals surface area contributed by atoms with Crippen molar-refractivity contribution in [3.05, 3.63) is 12.5 Å². The predicted octanol–water partition coefficient (Wildman–Crippen LogP) is 1.49. The normalized spacial score (nSPS) is 10.4. The molecule has 0 radical (unpaired) electrons. The van der Waals surface area contributed by atoms with Crippen molar-refractivity contribution in [2.45, 2.75) is 0 Å². The molecule has 4 heteroatoms. The van der Waals surface area contributed by atoms with E-state index in [1.807, 2.05) is 0 Å². The zero-order chi connectivity index (χ0) is 6.97. The van der Waals surface area contributed by atoms with Gasteiger partial charge in [-0.15, -0.1) is 0 Å². The topological polar surface area (TPSA) is 54.2 Å². The molecule has 2 aromatic heterocycles. The summed E-state index contributed by atoms with van der Waals surface area (Å²) in [6.45, 7) is 3.39. The minimum atomic E-state index is 0.711. The van der Waals surface area contributed by atoms with Crippen LogP contribution in [-0.4, -0.2) is 16.9 Å². The predicted molar refractivity (Wildman–Crippen MR) is 37.6 cm³/mol. The van der Waals surface area contributed by atoms with E-state index in [1.165, 1.54) is 6.26 Å². The van der Waals surface area contributed by atoms with Gasteiger partial charge in [-0.1, -0.05) is 5.16 Å². The van der Waals surface area contributed by atoms with Gasteiger partial charge in [0.05, 0.1) is 11.1 Å². The van der Waals surface area contributed by atoms with Crippen LogP contribution in [0.2, 0.25) is 0 Å². The van der Waals surface area contributed by atoms with Crippen LogP contribution >= 0.6 is 0 Å². The fraction of sp³-hybridized carbons (Fsp3) is 0. The van der Waals surface area contributed by atoms with E-state index in [4.69, 9.17) is 0 Å². The van der Waals surface area contributed by atoms with Gasteiger partial charge in [-0.2, -0.15) is 0 Å². The van der Waals surface area contributed by atoms with E-state index in [-0.39, 0.29) is 0 Å². The molecule has 0 atom stereocenters. The van der Waals surface area contributed by atoms with E-state index < -0.39 is 0 Å². The van der Waals surface area contributed by atoms with Crippen LogP contribution in [0.15, 0.2) is 22.0 Å². The first kappa shape index (κ1) is 5.22. The Morgan fingerprint density at radius 2 is 2.60 bits per heavy atom. The van der Waals surface area contributed by atoms with Crippen molar-refractivity contribution in [1.82, 2.24) is 10.1 Å². The lowest BCUT2D eigenvalue weighted by molar-refractivity contribution is 0.426. The molecule has 0 spiro atoms. The summed E-state index contributed by atoms with van der Waals surface area (Å²) in [7, 11) is 0. The molecular weight excluding hydrogens is 130 g/mol. The molecule has 50 valence electrons. The van der Waals surface area contributed by atoms with Crippen molar-refractivity contribution in [2.24, 2.45) is 4.99 Å². The molecule has 10 heavy (non-hydrogen) atoms. The van der Waals surface area contributed by atoms with Gasteiger partial charge < -0.3 is 9.51 Å². The Hall–Kier alpha value is -1.58. The number of fused-ring (bicyclic) bond motifs is 1. The summed E-state index contributed by atoms with van der Waals surface area (Å²) in [5.41, 5.74) is 1.48. The second-order valence-corrected chi connectivity index (χ2v) is 1.91. The lowest BCUT2D eigenvalue weighted by Crippen LogP contribution is -1.58. The van der Waals surface area contributed by atoms with Crippen LogP contribution in [0.25, 0.3) is 11.0 Å². The first-order valence-electron chi connectivity index (χ1n) is 2.80. The summed E-state index contributed by atoms with van der Waals surface area (Å²) in [6, 6.07) is 0. The maximum absolute atomic E-state index is 4.68. The number of aliphatic imine (C=N–C) groups is 1. The van der Waals surface area contributed by atoms with E-state index in [1.54, 1.807) is 6.20 Å². The molecule has 0 bridgehead atoms. The molecule has 0 amide bonds. The fourth-order valence-electron chi connectivity index (χ4n) is 0.868. The summed E-state index contributed by atoms with van der Waals surface area (Å²) in [5.74, 6) is 0. The van der Waals surface area contributed by atoms with Crippen LogP contribution in [0.3, 0.4) is 0 Å². The van der Waals surface area contributed by atoms with Crippen LogP contribution in [-0.2, 0) is 0 Å². The van der Waals surface area contributed by atoms with Gasteiger partial charge in [0.25, 0.3) is 0 Å². The molecule has 1 N–H and O–H groups in total. The Labute approximate surface area is 56.5 Å². The van der Waals surface area contributed by atoms with Gasteiger partial charge in [0.1, 0.15) is 6.26 Å². The Morgan fingerprint density at radius 3 is 3.40 bits per heavy atom. The van der Waals surface area contributed by atoms with Gasteiger partial charge in [0.15, 0.2) is 5.65 Å². The van der Waals surface area contributed by atoms with Gasteiger partial charge in [-0.05, 0) is 6.72 Å². The number of nitrogens with one attached hydrogen (secondary N) is 1. The lowest BCUT2D eigenvalue weighted by Gasteiger charge is -1.76. The number of hydrogen-bond donors (Lipinski definition) is 1. The molecule has 0 aliphatic carbocycles. The largest absolute Gasteiger partial charge is 0.362 e. The second-order valence-electron chi connectivity index (χ2n) is 1.91. The smallest absolute Gasteiger partial charge is 0.182 e. The minimum absolute atomic E-state index is 0.711. The summed E-state index contributed by atoms with van der Waals surface area (Å²) >= 11 is 0. The van der Waals surface area contributed by atoms with E-state index >= 15 is 0 Å². The molecule has 2 rings (SSSR count). The van der Waals surface area contributed by atoms with E-state index in [0.29, 0.717) is 5.65 Å². The van der Waals surface area contributed by atoms with Crippen molar-refractivity contribution in [3.8, 4) is 0 Å². The molecule has 0 aromatic carbocycles. The molecule has 0 fully saturated rings. The molecule has 0 aliphatic heterocycles. The first-order chi connectivity index (χ1) is 4.92. The van der Waals surface area contributed by atoms with Crippen molar-refractivity contribution in [3.63, 3.8) is 0 Å². The fourth-order valence-corrected chi connectivity index (χ4v) is 0.868. The quantitative estimate of drug-likeness (QED) is 0.602. The Balaban J connectivity index is 2.88. The molecule has 0 unspecified atom stereocenters. The molecule has 2 aromatic rings. The average Bonchev–Trinajstić information content (AvgIpc) is 2.44. The average molecular weight is 135 g/mol. The van der Waals surface area contributed by atoms with Gasteiger partial charge in [0, 0.05) is 6.20 Å². The maximum atomic E-state index is 4.68. The Kier molecular flexibility index (Phi) is 0.887. The third kappa shape index (κ3) is 0.500. The van der Waals surface area contributed by atoms with Crippen molar-refractivity contribution >= 4 is 23.4 Å². The lowest BCUT2D eigenvalue weighted by atomic mass is 10.4. The SMILES string of the molecule is C=Nc1c[nH]c2nocc12. The highest BCUT2D eigenvalue weighted by Crippen LogP contribution is 2.23. The van der Waals surface area contributed by atoms with Crippen LogP contribution in [0.4, 0.5) is 5.69 Å². The molecule has 0 saturated heterocycles. The molecule has 4 nitrogen and oxygen atoms in total. The van der Waals surface area contributed by atoms with Crippen molar-refractivity contribution in [2.75, 3.05) is 0 Å². The van der Waals surface area contributed by atoms with E-state index in [2.05, 4.69) is 26.4 Å². The molecule has 0 aliphatic rings. The van der Waals surface area contributed by atoms with Crippen LogP contribution < -0.4 is 0 Å². The highest BCUT2D eigenvalue weighted by Gasteiger charge is 2.03. The zero-order valence-electron chi connectivity index (χ0n) is 5.16. The summed E-state index contributed by atoms with van der Waals surface area (Å²) < 4.78 is 4.68. The number of nitrogens with zero attached hydrogens (tertiary/aromatic N) is 2. The summed E-state index contributed by atoms with van der Waals surface area (Å²) in [4.78, 5) is 6.63. The van der Waals surface area contributed by atoms with E-state index in [9.17, 15) is 0 Å². The van der Waals surface area contributed by atoms with Crippen molar-refractivity contribution in [1.29, 1.82) is 0 Å². The third-order valence-corrected chi connectivity index (χ3v) is 1.36. The number of rotatable bonds is 1.